The number of aromatic nitrogens is 1. The molecule has 1 heterocycles. The molecule has 3 rings (SSSR count). The van der Waals surface area contributed by atoms with E-state index in [1.54, 1.807) is 32.4 Å². The van der Waals surface area contributed by atoms with E-state index in [4.69, 9.17) is 9.47 Å². The summed E-state index contributed by atoms with van der Waals surface area (Å²) in [6.07, 6.45) is 0. The summed E-state index contributed by atoms with van der Waals surface area (Å²) in [7, 11) is 3.15. The molecular formula is C21H21N3O3. The zero-order chi connectivity index (χ0) is 19.4. The highest BCUT2D eigenvalue weighted by atomic mass is 16.5. The summed E-state index contributed by atoms with van der Waals surface area (Å²) in [5.74, 6) is 0.989. The van der Waals surface area contributed by atoms with Crippen molar-refractivity contribution in [2.24, 2.45) is 0 Å². The van der Waals surface area contributed by atoms with Crippen LogP contribution in [0, 0.1) is 6.92 Å². The van der Waals surface area contributed by atoms with Crippen LogP contribution in [-0.2, 0) is 0 Å². The summed E-state index contributed by atoms with van der Waals surface area (Å²) >= 11 is 0. The zero-order valence-electron chi connectivity index (χ0n) is 15.5. The Balaban J connectivity index is 1.79. The van der Waals surface area contributed by atoms with Crippen LogP contribution in [0.1, 0.15) is 21.6 Å². The monoisotopic (exact) mass is 363 g/mol. The fourth-order valence-electron chi connectivity index (χ4n) is 2.81. The molecule has 0 spiro atoms. The number of ether oxygens (including phenoxy) is 2. The molecule has 0 aliphatic heterocycles. The van der Waals surface area contributed by atoms with Gasteiger partial charge in [0.2, 0.25) is 0 Å². The Morgan fingerprint density at radius 1 is 1.00 bits per heavy atom. The van der Waals surface area contributed by atoms with Gasteiger partial charge in [0, 0.05) is 22.7 Å². The standard InChI is InChI=1S/C21H21N3O3/c1-13-11-18(17-7-5-6-8-19(17)22-13)21(25)24-23-14(2)16-10-9-15(26-3)12-20(16)27-4/h5-12,23H,2H2,1,3-4H3,(H,24,25). The van der Waals surface area contributed by atoms with Crippen molar-refractivity contribution >= 4 is 22.5 Å². The topological polar surface area (TPSA) is 72.5 Å². The molecule has 138 valence electrons. The third-order valence-electron chi connectivity index (χ3n) is 4.15. The number of hydrazine groups is 1. The van der Waals surface area contributed by atoms with Gasteiger partial charge in [0.15, 0.2) is 0 Å². The second-order valence-corrected chi connectivity index (χ2v) is 5.95. The number of benzene rings is 2. The number of nitrogens with one attached hydrogen (secondary N) is 2. The van der Waals surface area contributed by atoms with Gasteiger partial charge in [-0.15, -0.1) is 0 Å². The fourth-order valence-corrected chi connectivity index (χ4v) is 2.81. The molecule has 2 aromatic carbocycles. The van der Waals surface area contributed by atoms with E-state index in [-0.39, 0.29) is 5.91 Å². The number of para-hydroxylation sites is 1. The van der Waals surface area contributed by atoms with Gasteiger partial charge in [-0.25, -0.2) is 0 Å². The molecule has 0 unspecified atom stereocenters. The highest BCUT2D eigenvalue weighted by molar-refractivity contribution is 6.06. The Kier molecular flexibility index (Phi) is 5.26. The lowest BCUT2D eigenvalue weighted by Gasteiger charge is -2.15. The molecule has 0 fully saturated rings. The number of aryl methyl sites for hydroxylation is 1. The summed E-state index contributed by atoms with van der Waals surface area (Å²) in [5.41, 5.74) is 8.86. The maximum absolute atomic E-state index is 12.7. The highest BCUT2D eigenvalue weighted by Gasteiger charge is 2.13. The van der Waals surface area contributed by atoms with E-state index >= 15 is 0 Å². The van der Waals surface area contributed by atoms with Crippen LogP contribution in [0.3, 0.4) is 0 Å². The first-order valence-electron chi connectivity index (χ1n) is 8.37. The molecule has 2 N–H and O–H groups in total. The summed E-state index contributed by atoms with van der Waals surface area (Å²) in [5, 5.41) is 0.787. The Labute approximate surface area is 157 Å². The predicted octanol–water partition coefficient (Wildman–Crippen LogP) is 3.47. The van der Waals surface area contributed by atoms with Crippen LogP contribution < -0.4 is 20.3 Å². The highest BCUT2D eigenvalue weighted by Crippen LogP contribution is 2.28. The van der Waals surface area contributed by atoms with E-state index in [1.807, 2.05) is 37.3 Å². The molecule has 1 aromatic heterocycles. The molecule has 27 heavy (non-hydrogen) atoms. The van der Waals surface area contributed by atoms with Crippen molar-refractivity contribution in [3.8, 4) is 11.5 Å². The minimum Gasteiger partial charge on any atom is -0.497 e. The van der Waals surface area contributed by atoms with Gasteiger partial charge >= 0.3 is 0 Å². The normalized spacial score (nSPS) is 10.3. The van der Waals surface area contributed by atoms with Crippen LogP contribution in [0.2, 0.25) is 0 Å². The van der Waals surface area contributed by atoms with Gasteiger partial charge in [0.25, 0.3) is 5.91 Å². The number of amides is 1. The van der Waals surface area contributed by atoms with Gasteiger partial charge in [0.05, 0.1) is 31.0 Å². The van der Waals surface area contributed by atoms with Crippen molar-refractivity contribution in [1.82, 2.24) is 15.8 Å². The molecule has 0 aliphatic rings. The van der Waals surface area contributed by atoms with Crippen molar-refractivity contribution in [3.63, 3.8) is 0 Å². The van der Waals surface area contributed by atoms with Crippen LogP contribution in [0.4, 0.5) is 0 Å². The van der Waals surface area contributed by atoms with Crippen molar-refractivity contribution in [2.45, 2.75) is 6.92 Å². The van der Waals surface area contributed by atoms with Crippen LogP contribution in [0.25, 0.3) is 16.6 Å². The van der Waals surface area contributed by atoms with E-state index in [2.05, 4.69) is 22.4 Å². The minimum atomic E-state index is -0.273. The van der Waals surface area contributed by atoms with Gasteiger partial charge in [-0.2, -0.15) is 0 Å². The van der Waals surface area contributed by atoms with Gasteiger partial charge in [-0.05, 0) is 31.2 Å². The van der Waals surface area contributed by atoms with Crippen molar-refractivity contribution in [2.75, 3.05) is 14.2 Å². The van der Waals surface area contributed by atoms with Crippen molar-refractivity contribution in [3.05, 3.63) is 71.9 Å². The number of hydrogen-bond acceptors (Lipinski definition) is 5. The summed E-state index contributed by atoms with van der Waals surface area (Å²) in [6, 6.07) is 14.7. The third kappa shape index (κ3) is 3.84. The average molecular weight is 363 g/mol. The molecule has 0 atom stereocenters. The maximum atomic E-state index is 12.7. The number of nitrogens with zero attached hydrogens (tertiary/aromatic N) is 1. The molecule has 0 aliphatic carbocycles. The van der Waals surface area contributed by atoms with Gasteiger partial charge in [0.1, 0.15) is 11.5 Å². The van der Waals surface area contributed by atoms with E-state index in [0.29, 0.717) is 22.8 Å². The number of hydrogen-bond donors (Lipinski definition) is 2. The molecule has 1 amide bonds. The number of carbonyl (C=O) groups excluding carboxylic acids is 1. The molecule has 6 nitrogen and oxygen atoms in total. The van der Waals surface area contributed by atoms with Crippen LogP contribution in [0.15, 0.2) is 55.1 Å². The number of carbonyl (C=O) groups is 1. The molecule has 3 aromatic rings. The lowest BCUT2D eigenvalue weighted by molar-refractivity contribution is 0.0944. The first kappa shape index (κ1) is 18.3. The van der Waals surface area contributed by atoms with E-state index in [0.717, 1.165) is 22.2 Å². The van der Waals surface area contributed by atoms with Crippen molar-refractivity contribution in [1.29, 1.82) is 0 Å². The maximum Gasteiger partial charge on any atom is 0.270 e. The molecule has 0 radical (unpaired) electrons. The summed E-state index contributed by atoms with van der Waals surface area (Å²) < 4.78 is 10.6. The Morgan fingerprint density at radius 3 is 2.52 bits per heavy atom. The zero-order valence-corrected chi connectivity index (χ0v) is 15.5. The number of rotatable bonds is 6. The first-order valence-corrected chi connectivity index (χ1v) is 8.37. The predicted molar refractivity (Wildman–Crippen MR) is 106 cm³/mol. The van der Waals surface area contributed by atoms with E-state index in [9.17, 15) is 4.79 Å². The van der Waals surface area contributed by atoms with E-state index in [1.165, 1.54) is 0 Å². The lowest BCUT2D eigenvalue weighted by Crippen LogP contribution is -2.36. The third-order valence-corrected chi connectivity index (χ3v) is 4.15. The Hall–Kier alpha value is -3.54. The number of methoxy groups -OCH3 is 2. The first-order chi connectivity index (χ1) is 13.0. The van der Waals surface area contributed by atoms with Crippen LogP contribution >= 0.6 is 0 Å². The number of fused-ring (bicyclic) bond motifs is 1. The Morgan fingerprint density at radius 2 is 1.78 bits per heavy atom. The van der Waals surface area contributed by atoms with Crippen LogP contribution in [0.5, 0.6) is 11.5 Å². The summed E-state index contributed by atoms with van der Waals surface area (Å²) in [4.78, 5) is 17.2. The molecule has 0 bridgehead atoms. The quantitative estimate of drug-likeness (QED) is 0.656. The second-order valence-electron chi connectivity index (χ2n) is 5.95. The summed E-state index contributed by atoms with van der Waals surface area (Å²) in [6.45, 7) is 5.83. The van der Waals surface area contributed by atoms with E-state index < -0.39 is 0 Å². The largest absolute Gasteiger partial charge is 0.497 e. The van der Waals surface area contributed by atoms with Gasteiger partial charge in [-0.3, -0.25) is 20.6 Å². The van der Waals surface area contributed by atoms with Crippen molar-refractivity contribution < 1.29 is 14.3 Å². The molecule has 6 heteroatoms. The van der Waals surface area contributed by atoms with Gasteiger partial charge < -0.3 is 9.47 Å². The van der Waals surface area contributed by atoms with Gasteiger partial charge in [-0.1, -0.05) is 24.8 Å². The average Bonchev–Trinajstić information content (AvgIpc) is 2.70. The molecule has 0 saturated carbocycles. The minimum absolute atomic E-state index is 0.273. The molecular weight excluding hydrogens is 342 g/mol. The van der Waals surface area contributed by atoms with Crippen LogP contribution in [-0.4, -0.2) is 25.1 Å². The second kappa shape index (κ2) is 7.78. The molecule has 0 saturated heterocycles. The SMILES string of the molecule is C=C(NNC(=O)c1cc(C)nc2ccccc12)c1ccc(OC)cc1OC. The fraction of sp³-hybridized carbons (Fsp3) is 0.143. The number of pyridine rings is 1. The lowest BCUT2D eigenvalue weighted by atomic mass is 10.1. The Bertz CT molecular complexity index is 1010. The smallest absolute Gasteiger partial charge is 0.270 e.